The number of nitrogens with one attached hydrogen (secondary N) is 1. The number of hydrogen-bond acceptors (Lipinski definition) is 3. The van der Waals surface area contributed by atoms with Crippen molar-refractivity contribution in [2.24, 2.45) is 0 Å². The molecule has 0 saturated heterocycles. The summed E-state index contributed by atoms with van der Waals surface area (Å²) in [6, 6.07) is 12.2. The van der Waals surface area contributed by atoms with Crippen LogP contribution in [0.4, 0.5) is 0 Å². The van der Waals surface area contributed by atoms with Gasteiger partial charge >= 0.3 is 0 Å². The Morgan fingerprint density at radius 3 is 2.74 bits per heavy atom. The molecule has 3 rings (SSSR count). The Kier molecular flexibility index (Phi) is 6.38. The molecular weight excluding hydrogens is 338 g/mol. The molecule has 27 heavy (non-hydrogen) atoms. The van der Waals surface area contributed by atoms with Gasteiger partial charge in [-0.2, -0.15) is 0 Å². The van der Waals surface area contributed by atoms with Crippen LogP contribution in [0.5, 0.6) is 11.5 Å². The summed E-state index contributed by atoms with van der Waals surface area (Å²) in [6.45, 7) is 6.76. The van der Waals surface area contributed by atoms with E-state index >= 15 is 0 Å². The number of benzene rings is 2. The molecule has 0 saturated carbocycles. The quantitative estimate of drug-likeness (QED) is 0.748. The number of aryl methyl sites for hydroxylation is 3. The van der Waals surface area contributed by atoms with Gasteiger partial charge in [-0.05, 0) is 75.3 Å². The lowest BCUT2D eigenvalue weighted by molar-refractivity contribution is -0.127. The Morgan fingerprint density at radius 2 is 1.93 bits per heavy atom. The Morgan fingerprint density at radius 1 is 1.11 bits per heavy atom. The summed E-state index contributed by atoms with van der Waals surface area (Å²) in [7, 11) is 0. The molecule has 0 heterocycles. The molecule has 1 aliphatic carbocycles. The molecule has 0 bridgehead atoms. The number of carbonyl (C=O) groups excluding carboxylic acids is 1. The maximum Gasteiger partial charge on any atom is 0.260 e. The van der Waals surface area contributed by atoms with Crippen molar-refractivity contribution < 1.29 is 14.3 Å². The van der Waals surface area contributed by atoms with Crippen LogP contribution in [0.25, 0.3) is 0 Å². The minimum atomic E-state index is -0.528. The first-order valence-corrected chi connectivity index (χ1v) is 9.80. The molecule has 4 heteroatoms. The van der Waals surface area contributed by atoms with Gasteiger partial charge in [0.1, 0.15) is 18.1 Å². The summed E-state index contributed by atoms with van der Waals surface area (Å²) in [4.78, 5) is 12.3. The van der Waals surface area contributed by atoms with E-state index in [0.717, 1.165) is 29.9 Å². The SMILES string of the molecule is Cc1ccc(OCCNC(=O)[C@@H](C)Oc2cccc3c2CCCC3)c(C)c1. The molecule has 2 aromatic rings. The second-order valence-electron chi connectivity index (χ2n) is 7.27. The lowest BCUT2D eigenvalue weighted by atomic mass is 9.91. The smallest absolute Gasteiger partial charge is 0.260 e. The predicted octanol–water partition coefficient (Wildman–Crippen LogP) is 4.14. The van der Waals surface area contributed by atoms with Gasteiger partial charge in [-0.1, -0.05) is 29.8 Å². The normalized spacial score (nSPS) is 14.2. The fraction of sp³-hybridized carbons (Fsp3) is 0.435. The van der Waals surface area contributed by atoms with Gasteiger partial charge in [0.2, 0.25) is 0 Å². The molecule has 1 amide bonds. The first-order valence-electron chi connectivity index (χ1n) is 9.80. The number of rotatable bonds is 7. The second kappa shape index (κ2) is 8.94. The Labute approximate surface area is 161 Å². The fourth-order valence-corrected chi connectivity index (χ4v) is 3.54. The van der Waals surface area contributed by atoms with Crippen LogP contribution in [0.2, 0.25) is 0 Å². The van der Waals surface area contributed by atoms with Gasteiger partial charge in [0.15, 0.2) is 6.10 Å². The number of amides is 1. The molecule has 144 valence electrons. The summed E-state index contributed by atoms with van der Waals surface area (Å²) >= 11 is 0. The van der Waals surface area contributed by atoms with Crippen LogP contribution in [-0.2, 0) is 17.6 Å². The van der Waals surface area contributed by atoms with E-state index in [0.29, 0.717) is 13.2 Å². The van der Waals surface area contributed by atoms with Crippen LogP contribution in [0.3, 0.4) is 0 Å². The molecular formula is C23H29NO3. The Balaban J connectivity index is 1.47. The number of ether oxygens (including phenoxy) is 2. The predicted molar refractivity (Wildman–Crippen MR) is 108 cm³/mol. The fourth-order valence-electron chi connectivity index (χ4n) is 3.54. The highest BCUT2D eigenvalue weighted by Crippen LogP contribution is 2.30. The van der Waals surface area contributed by atoms with Crippen molar-refractivity contribution in [3.8, 4) is 11.5 Å². The van der Waals surface area contributed by atoms with Crippen LogP contribution >= 0.6 is 0 Å². The van der Waals surface area contributed by atoms with Gasteiger partial charge in [-0.3, -0.25) is 4.79 Å². The third-order valence-electron chi connectivity index (χ3n) is 5.02. The van der Waals surface area contributed by atoms with E-state index in [1.165, 1.54) is 29.5 Å². The van der Waals surface area contributed by atoms with Crippen molar-refractivity contribution in [2.75, 3.05) is 13.2 Å². The minimum absolute atomic E-state index is 0.118. The van der Waals surface area contributed by atoms with E-state index in [2.05, 4.69) is 24.4 Å². The molecule has 4 nitrogen and oxygen atoms in total. The molecule has 0 spiro atoms. The highest BCUT2D eigenvalue weighted by molar-refractivity contribution is 5.80. The first-order chi connectivity index (χ1) is 13.0. The summed E-state index contributed by atoms with van der Waals surface area (Å²) in [5.74, 6) is 1.59. The summed E-state index contributed by atoms with van der Waals surface area (Å²) < 4.78 is 11.7. The zero-order valence-corrected chi connectivity index (χ0v) is 16.5. The zero-order chi connectivity index (χ0) is 19.2. The lowest BCUT2D eigenvalue weighted by Gasteiger charge is -2.22. The largest absolute Gasteiger partial charge is 0.491 e. The number of carbonyl (C=O) groups is 1. The van der Waals surface area contributed by atoms with Crippen molar-refractivity contribution in [2.45, 2.75) is 52.6 Å². The third kappa shape index (κ3) is 5.03. The number of fused-ring (bicyclic) bond motifs is 1. The summed E-state index contributed by atoms with van der Waals surface area (Å²) in [5.41, 5.74) is 4.93. The molecule has 0 fully saturated rings. The highest BCUT2D eigenvalue weighted by Gasteiger charge is 2.19. The monoisotopic (exact) mass is 367 g/mol. The molecule has 0 aliphatic heterocycles. The van der Waals surface area contributed by atoms with Crippen molar-refractivity contribution in [3.63, 3.8) is 0 Å². The maximum absolute atomic E-state index is 12.3. The molecule has 0 unspecified atom stereocenters. The minimum Gasteiger partial charge on any atom is -0.491 e. The van der Waals surface area contributed by atoms with Crippen LogP contribution < -0.4 is 14.8 Å². The van der Waals surface area contributed by atoms with Gasteiger partial charge in [0.05, 0.1) is 6.54 Å². The average molecular weight is 367 g/mol. The molecule has 1 aliphatic rings. The Hall–Kier alpha value is -2.49. The van der Waals surface area contributed by atoms with Crippen LogP contribution in [0.15, 0.2) is 36.4 Å². The van der Waals surface area contributed by atoms with E-state index in [4.69, 9.17) is 9.47 Å². The summed E-state index contributed by atoms with van der Waals surface area (Å²) in [5, 5.41) is 2.89. The van der Waals surface area contributed by atoms with Crippen molar-refractivity contribution in [3.05, 3.63) is 58.7 Å². The van der Waals surface area contributed by atoms with E-state index in [-0.39, 0.29) is 5.91 Å². The molecule has 1 atom stereocenters. The lowest BCUT2D eigenvalue weighted by Crippen LogP contribution is -2.38. The van der Waals surface area contributed by atoms with Crippen LogP contribution in [0, 0.1) is 13.8 Å². The molecule has 0 radical (unpaired) electrons. The standard InChI is InChI=1S/C23H29NO3/c1-16-11-12-21(17(2)15-16)26-14-13-24-23(25)18(3)27-22-10-6-8-19-7-4-5-9-20(19)22/h6,8,10-12,15,18H,4-5,7,9,13-14H2,1-3H3,(H,24,25)/t18-/m1/s1. The van der Waals surface area contributed by atoms with Gasteiger partial charge in [0, 0.05) is 0 Å². The molecule has 2 aromatic carbocycles. The zero-order valence-electron chi connectivity index (χ0n) is 16.5. The van der Waals surface area contributed by atoms with Crippen molar-refractivity contribution >= 4 is 5.91 Å². The Bertz CT molecular complexity index is 800. The van der Waals surface area contributed by atoms with Gasteiger partial charge < -0.3 is 14.8 Å². The van der Waals surface area contributed by atoms with Gasteiger partial charge in [-0.15, -0.1) is 0 Å². The maximum atomic E-state index is 12.3. The van der Waals surface area contributed by atoms with E-state index in [1.54, 1.807) is 6.92 Å². The van der Waals surface area contributed by atoms with E-state index < -0.39 is 6.10 Å². The van der Waals surface area contributed by atoms with Crippen molar-refractivity contribution in [1.29, 1.82) is 0 Å². The van der Waals surface area contributed by atoms with Gasteiger partial charge in [0.25, 0.3) is 5.91 Å². The van der Waals surface area contributed by atoms with Crippen LogP contribution in [-0.4, -0.2) is 25.2 Å². The molecule has 1 N–H and O–H groups in total. The van der Waals surface area contributed by atoms with E-state index in [1.807, 2.05) is 31.2 Å². The summed E-state index contributed by atoms with van der Waals surface area (Å²) in [6.07, 6.45) is 4.02. The first kappa shape index (κ1) is 19.3. The number of hydrogen-bond donors (Lipinski definition) is 1. The highest BCUT2D eigenvalue weighted by atomic mass is 16.5. The average Bonchev–Trinajstić information content (AvgIpc) is 2.66. The third-order valence-corrected chi connectivity index (χ3v) is 5.02. The van der Waals surface area contributed by atoms with Crippen LogP contribution in [0.1, 0.15) is 42.0 Å². The van der Waals surface area contributed by atoms with E-state index in [9.17, 15) is 4.79 Å². The molecule has 0 aromatic heterocycles. The second-order valence-corrected chi connectivity index (χ2v) is 7.27. The van der Waals surface area contributed by atoms with Gasteiger partial charge in [-0.25, -0.2) is 0 Å². The topological polar surface area (TPSA) is 47.6 Å². The van der Waals surface area contributed by atoms with Crippen molar-refractivity contribution in [1.82, 2.24) is 5.32 Å².